The Balaban J connectivity index is 2.58. The molecular weight excluding hydrogens is 232 g/mol. The van der Waals surface area contributed by atoms with Crippen LogP contribution in [0.5, 0.6) is 5.75 Å². The van der Waals surface area contributed by atoms with E-state index in [-0.39, 0.29) is 5.41 Å². The summed E-state index contributed by atoms with van der Waals surface area (Å²) >= 11 is 0. The van der Waals surface area contributed by atoms with Gasteiger partial charge in [0.1, 0.15) is 5.75 Å². The second-order valence-electron chi connectivity index (χ2n) is 6.97. The predicted octanol–water partition coefficient (Wildman–Crippen LogP) is 5.38. The van der Waals surface area contributed by atoms with Gasteiger partial charge in [0.2, 0.25) is 0 Å². The molecule has 1 N–H and O–H groups in total. The molecule has 1 fully saturated rings. The summed E-state index contributed by atoms with van der Waals surface area (Å²) in [5, 5.41) is 10.7. The summed E-state index contributed by atoms with van der Waals surface area (Å²) in [5.41, 5.74) is 4.40. The zero-order chi connectivity index (χ0) is 14.2. The van der Waals surface area contributed by atoms with Crippen LogP contribution in [0.2, 0.25) is 0 Å². The zero-order valence-corrected chi connectivity index (χ0v) is 12.7. The first kappa shape index (κ1) is 14.2. The average molecular weight is 258 g/mol. The third-order valence-corrected chi connectivity index (χ3v) is 4.24. The maximum absolute atomic E-state index is 10.7. The van der Waals surface area contributed by atoms with Gasteiger partial charge in [-0.25, -0.2) is 0 Å². The van der Waals surface area contributed by atoms with Gasteiger partial charge in [-0.3, -0.25) is 0 Å². The first-order chi connectivity index (χ1) is 8.80. The van der Waals surface area contributed by atoms with Crippen molar-refractivity contribution in [2.45, 2.75) is 64.7 Å². The van der Waals surface area contributed by atoms with Crippen molar-refractivity contribution < 1.29 is 5.11 Å². The standard InChI is InChI=1S/C18H26O/c1-12(2)14-10-15(13-8-6-7-9-13)17(19)16(11-14)18(3,4)5/h10-11,13,19H,1,6-9H2,2-5H3. The highest BCUT2D eigenvalue weighted by Crippen LogP contribution is 2.43. The summed E-state index contributed by atoms with van der Waals surface area (Å²) in [4.78, 5) is 0. The Hall–Kier alpha value is -1.24. The van der Waals surface area contributed by atoms with Crippen LogP contribution < -0.4 is 0 Å². The van der Waals surface area contributed by atoms with Crippen LogP contribution >= 0.6 is 0 Å². The maximum atomic E-state index is 10.7. The second kappa shape index (κ2) is 5.03. The van der Waals surface area contributed by atoms with E-state index in [0.29, 0.717) is 11.7 Å². The van der Waals surface area contributed by atoms with E-state index in [9.17, 15) is 5.11 Å². The Labute approximate surface area is 117 Å². The lowest BCUT2D eigenvalue weighted by atomic mass is 9.81. The number of phenols is 1. The van der Waals surface area contributed by atoms with E-state index in [4.69, 9.17) is 0 Å². The molecule has 104 valence electrons. The first-order valence-electron chi connectivity index (χ1n) is 7.34. The van der Waals surface area contributed by atoms with Crippen molar-refractivity contribution in [2.75, 3.05) is 0 Å². The summed E-state index contributed by atoms with van der Waals surface area (Å²) in [6.07, 6.45) is 4.98. The molecule has 1 aliphatic carbocycles. The maximum Gasteiger partial charge on any atom is 0.122 e. The Kier molecular flexibility index (Phi) is 3.75. The van der Waals surface area contributed by atoms with E-state index < -0.39 is 0 Å². The van der Waals surface area contributed by atoms with Gasteiger partial charge >= 0.3 is 0 Å². The van der Waals surface area contributed by atoms with E-state index in [1.807, 2.05) is 6.92 Å². The van der Waals surface area contributed by atoms with Gasteiger partial charge < -0.3 is 5.11 Å². The molecule has 1 nitrogen and oxygen atoms in total. The fourth-order valence-corrected chi connectivity index (χ4v) is 3.02. The lowest BCUT2D eigenvalue weighted by Crippen LogP contribution is -2.13. The van der Waals surface area contributed by atoms with Gasteiger partial charge in [0.25, 0.3) is 0 Å². The summed E-state index contributed by atoms with van der Waals surface area (Å²) in [5.74, 6) is 1.05. The fourth-order valence-electron chi connectivity index (χ4n) is 3.02. The third kappa shape index (κ3) is 2.86. The molecule has 0 aromatic heterocycles. The van der Waals surface area contributed by atoms with Crippen molar-refractivity contribution in [3.8, 4) is 5.75 Å². The normalized spacial score (nSPS) is 16.8. The van der Waals surface area contributed by atoms with Crippen molar-refractivity contribution in [2.24, 2.45) is 0 Å². The number of rotatable bonds is 2. The van der Waals surface area contributed by atoms with Crippen LogP contribution in [0.4, 0.5) is 0 Å². The Morgan fingerprint density at radius 1 is 1.21 bits per heavy atom. The Morgan fingerprint density at radius 3 is 2.26 bits per heavy atom. The molecule has 0 spiro atoms. The first-order valence-corrected chi connectivity index (χ1v) is 7.34. The predicted molar refractivity (Wildman–Crippen MR) is 82.7 cm³/mol. The van der Waals surface area contributed by atoms with Crippen LogP contribution in [0.15, 0.2) is 18.7 Å². The highest BCUT2D eigenvalue weighted by atomic mass is 16.3. The van der Waals surface area contributed by atoms with E-state index in [1.165, 1.54) is 31.2 Å². The largest absolute Gasteiger partial charge is 0.507 e. The second-order valence-corrected chi connectivity index (χ2v) is 6.97. The molecule has 1 aliphatic rings. The number of aromatic hydroxyl groups is 1. The van der Waals surface area contributed by atoms with E-state index >= 15 is 0 Å². The molecule has 0 amide bonds. The number of allylic oxidation sites excluding steroid dienone is 1. The fraction of sp³-hybridized carbons (Fsp3) is 0.556. The molecule has 0 unspecified atom stereocenters. The molecule has 1 aromatic rings. The van der Waals surface area contributed by atoms with Gasteiger partial charge in [-0.2, -0.15) is 0 Å². The number of hydrogen-bond acceptors (Lipinski definition) is 1. The van der Waals surface area contributed by atoms with E-state index in [2.05, 4.69) is 39.5 Å². The smallest absolute Gasteiger partial charge is 0.122 e. The van der Waals surface area contributed by atoms with Crippen LogP contribution in [-0.4, -0.2) is 5.11 Å². The van der Waals surface area contributed by atoms with Gasteiger partial charge in [0.05, 0.1) is 0 Å². The number of benzene rings is 1. The van der Waals surface area contributed by atoms with E-state index in [1.54, 1.807) is 0 Å². The van der Waals surface area contributed by atoms with Crippen LogP contribution in [0.1, 0.15) is 76.0 Å². The molecule has 1 saturated carbocycles. The third-order valence-electron chi connectivity index (χ3n) is 4.24. The minimum Gasteiger partial charge on any atom is -0.507 e. The molecule has 19 heavy (non-hydrogen) atoms. The average Bonchev–Trinajstić information content (AvgIpc) is 2.80. The van der Waals surface area contributed by atoms with Crippen LogP contribution in [-0.2, 0) is 5.41 Å². The van der Waals surface area contributed by atoms with Gasteiger partial charge in [-0.05, 0) is 54.4 Å². The van der Waals surface area contributed by atoms with Crippen molar-refractivity contribution in [3.05, 3.63) is 35.4 Å². The molecular formula is C18H26O. The van der Waals surface area contributed by atoms with Crippen molar-refractivity contribution >= 4 is 5.57 Å². The molecule has 1 heteroatoms. The van der Waals surface area contributed by atoms with Crippen molar-refractivity contribution in [1.82, 2.24) is 0 Å². The van der Waals surface area contributed by atoms with Gasteiger partial charge in [-0.15, -0.1) is 0 Å². The summed E-state index contributed by atoms with van der Waals surface area (Å²) < 4.78 is 0. The zero-order valence-electron chi connectivity index (χ0n) is 12.7. The van der Waals surface area contributed by atoms with Crippen molar-refractivity contribution in [3.63, 3.8) is 0 Å². The van der Waals surface area contributed by atoms with E-state index in [0.717, 1.165) is 16.7 Å². The molecule has 2 rings (SSSR count). The minimum absolute atomic E-state index is 0.0388. The molecule has 0 atom stereocenters. The lowest BCUT2D eigenvalue weighted by Gasteiger charge is -2.25. The van der Waals surface area contributed by atoms with Crippen molar-refractivity contribution in [1.29, 1.82) is 0 Å². The highest BCUT2D eigenvalue weighted by Gasteiger charge is 2.26. The van der Waals surface area contributed by atoms with Crippen LogP contribution in [0, 0.1) is 0 Å². The van der Waals surface area contributed by atoms with Gasteiger partial charge in [0, 0.05) is 5.56 Å². The Bertz CT molecular complexity index is 485. The van der Waals surface area contributed by atoms with Gasteiger partial charge in [0.15, 0.2) is 0 Å². The topological polar surface area (TPSA) is 20.2 Å². The molecule has 0 heterocycles. The summed E-state index contributed by atoms with van der Waals surface area (Å²) in [7, 11) is 0. The monoisotopic (exact) mass is 258 g/mol. The van der Waals surface area contributed by atoms with Crippen LogP contribution in [0.3, 0.4) is 0 Å². The van der Waals surface area contributed by atoms with Gasteiger partial charge in [-0.1, -0.05) is 45.8 Å². The molecule has 0 radical (unpaired) electrons. The highest BCUT2D eigenvalue weighted by molar-refractivity contribution is 5.66. The summed E-state index contributed by atoms with van der Waals surface area (Å²) in [6.45, 7) is 12.6. The summed E-state index contributed by atoms with van der Waals surface area (Å²) in [6, 6.07) is 4.26. The molecule has 0 aliphatic heterocycles. The number of phenolic OH excluding ortho intramolecular Hbond substituents is 1. The SMILES string of the molecule is C=C(C)c1cc(C2CCCC2)c(O)c(C(C)(C)C)c1. The molecule has 1 aromatic carbocycles. The number of hydrogen-bond donors (Lipinski definition) is 1. The minimum atomic E-state index is -0.0388. The van der Waals surface area contributed by atoms with Crippen LogP contribution in [0.25, 0.3) is 5.57 Å². The molecule has 0 bridgehead atoms. The lowest BCUT2D eigenvalue weighted by molar-refractivity contribution is 0.434. The quantitative estimate of drug-likeness (QED) is 0.755. The molecule has 0 saturated heterocycles. The Morgan fingerprint density at radius 2 is 1.79 bits per heavy atom.